The minimum atomic E-state index is -0.793. The number of halogens is 2. The molecule has 2 atom stereocenters. The molecule has 1 aromatic rings. The highest BCUT2D eigenvalue weighted by Crippen LogP contribution is 2.16. The summed E-state index contributed by atoms with van der Waals surface area (Å²) in [5, 5.41) is 6.72. The molecule has 1 heterocycles. The average molecular weight is 240 g/mol. The summed E-state index contributed by atoms with van der Waals surface area (Å²) in [6.07, 6.45) is 2.39. The summed E-state index contributed by atoms with van der Waals surface area (Å²) in [4.78, 5) is 0. The second-order valence-corrected chi connectivity index (χ2v) is 4.60. The number of benzene rings is 1. The Bertz CT molecular complexity index is 376. The van der Waals surface area contributed by atoms with Crippen LogP contribution in [-0.2, 0) is 0 Å². The molecule has 1 aromatic carbocycles. The number of hydrogen-bond acceptors (Lipinski definition) is 2. The van der Waals surface area contributed by atoms with Gasteiger partial charge in [0.15, 0.2) is 11.6 Å². The minimum Gasteiger partial charge on any atom is -0.313 e. The highest BCUT2D eigenvalue weighted by molar-refractivity contribution is 5.20. The normalized spacial score (nSPS) is 21.7. The second kappa shape index (κ2) is 5.56. The van der Waals surface area contributed by atoms with E-state index in [0.717, 1.165) is 18.7 Å². The Morgan fingerprint density at radius 1 is 1.41 bits per heavy atom. The quantitative estimate of drug-likeness (QED) is 0.844. The second-order valence-electron chi connectivity index (χ2n) is 4.60. The van der Waals surface area contributed by atoms with Gasteiger partial charge in [0.05, 0.1) is 0 Å². The Morgan fingerprint density at radius 2 is 2.24 bits per heavy atom. The van der Waals surface area contributed by atoms with Gasteiger partial charge in [-0.1, -0.05) is 6.07 Å². The van der Waals surface area contributed by atoms with E-state index < -0.39 is 11.6 Å². The van der Waals surface area contributed by atoms with Crippen LogP contribution in [0.1, 0.15) is 31.4 Å². The first kappa shape index (κ1) is 12.5. The van der Waals surface area contributed by atoms with Crippen LogP contribution in [0.3, 0.4) is 0 Å². The van der Waals surface area contributed by atoms with E-state index in [0.29, 0.717) is 6.04 Å². The van der Waals surface area contributed by atoms with Gasteiger partial charge >= 0.3 is 0 Å². The van der Waals surface area contributed by atoms with Crippen LogP contribution in [0.4, 0.5) is 8.78 Å². The Labute approximate surface area is 100 Å². The maximum atomic E-state index is 13.1. The molecule has 1 saturated heterocycles. The van der Waals surface area contributed by atoms with E-state index in [1.165, 1.54) is 25.0 Å². The fourth-order valence-corrected chi connectivity index (χ4v) is 2.15. The van der Waals surface area contributed by atoms with Crippen molar-refractivity contribution in [3.8, 4) is 0 Å². The van der Waals surface area contributed by atoms with Gasteiger partial charge in [-0.2, -0.15) is 0 Å². The van der Waals surface area contributed by atoms with E-state index >= 15 is 0 Å². The molecule has 2 unspecified atom stereocenters. The van der Waals surface area contributed by atoms with Crippen molar-refractivity contribution in [2.75, 3.05) is 13.1 Å². The molecule has 0 radical (unpaired) electrons. The SMILES string of the molecule is CC(NCC1CCCN1)c1ccc(F)c(F)c1. The van der Waals surface area contributed by atoms with Gasteiger partial charge in [0.2, 0.25) is 0 Å². The monoisotopic (exact) mass is 240 g/mol. The van der Waals surface area contributed by atoms with Gasteiger partial charge in [0.25, 0.3) is 0 Å². The van der Waals surface area contributed by atoms with E-state index in [1.807, 2.05) is 6.92 Å². The summed E-state index contributed by atoms with van der Waals surface area (Å²) in [5.74, 6) is -1.58. The zero-order chi connectivity index (χ0) is 12.3. The summed E-state index contributed by atoms with van der Waals surface area (Å²) in [5.41, 5.74) is 0.780. The number of nitrogens with one attached hydrogen (secondary N) is 2. The first-order chi connectivity index (χ1) is 8.16. The lowest BCUT2D eigenvalue weighted by Gasteiger charge is -2.18. The van der Waals surface area contributed by atoms with Crippen molar-refractivity contribution in [3.63, 3.8) is 0 Å². The van der Waals surface area contributed by atoms with Crippen LogP contribution >= 0.6 is 0 Å². The van der Waals surface area contributed by atoms with Crippen molar-refractivity contribution >= 4 is 0 Å². The van der Waals surface area contributed by atoms with Crippen LogP contribution < -0.4 is 10.6 Å². The number of hydrogen-bond donors (Lipinski definition) is 2. The standard InChI is InChI=1S/C13H18F2N2/c1-9(17-8-11-3-2-6-16-11)10-4-5-12(14)13(15)7-10/h4-5,7,9,11,16-17H,2-3,6,8H2,1H3. The third-order valence-corrected chi connectivity index (χ3v) is 3.28. The summed E-state index contributed by atoms with van der Waals surface area (Å²) in [7, 11) is 0. The van der Waals surface area contributed by atoms with Gasteiger partial charge in [-0.05, 0) is 44.0 Å². The van der Waals surface area contributed by atoms with Crippen LogP contribution in [0.2, 0.25) is 0 Å². The molecule has 17 heavy (non-hydrogen) atoms. The first-order valence-electron chi connectivity index (χ1n) is 6.08. The third kappa shape index (κ3) is 3.23. The first-order valence-corrected chi connectivity index (χ1v) is 6.08. The maximum absolute atomic E-state index is 13.1. The topological polar surface area (TPSA) is 24.1 Å². The number of rotatable bonds is 4. The van der Waals surface area contributed by atoms with Crippen LogP contribution in [0.25, 0.3) is 0 Å². The lowest BCUT2D eigenvalue weighted by molar-refractivity contribution is 0.479. The van der Waals surface area contributed by atoms with Crippen molar-refractivity contribution in [1.29, 1.82) is 0 Å². The fraction of sp³-hybridized carbons (Fsp3) is 0.538. The van der Waals surface area contributed by atoms with E-state index in [-0.39, 0.29) is 6.04 Å². The summed E-state index contributed by atoms with van der Waals surface area (Å²) in [6.45, 7) is 3.90. The zero-order valence-electron chi connectivity index (χ0n) is 9.97. The van der Waals surface area contributed by atoms with E-state index in [4.69, 9.17) is 0 Å². The van der Waals surface area contributed by atoms with Crippen molar-refractivity contribution in [3.05, 3.63) is 35.4 Å². The molecule has 1 aliphatic heterocycles. The Morgan fingerprint density at radius 3 is 2.88 bits per heavy atom. The molecular weight excluding hydrogens is 222 g/mol. The predicted molar refractivity (Wildman–Crippen MR) is 63.8 cm³/mol. The molecule has 0 aromatic heterocycles. The molecule has 2 rings (SSSR count). The molecule has 0 spiro atoms. The molecular formula is C13H18F2N2. The molecule has 0 amide bonds. The van der Waals surface area contributed by atoms with E-state index in [9.17, 15) is 8.78 Å². The van der Waals surface area contributed by atoms with Crippen molar-refractivity contribution in [1.82, 2.24) is 10.6 Å². The highest BCUT2D eigenvalue weighted by atomic mass is 19.2. The molecule has 0 bridgehead atoms. The molecule has 2 N–H and O–H groups in total. The summed E-state index contributed by atoms with van der Waals surface area (Å²) < 4.78 is 25.9. The predicted octanol–water partition coefficient (Wildman–Crippen LogP) is 2.37. The zero-order valence-corrected chi connectivity index (χ0v) is 9.97. The molecule has 0 saturated carbocycles. The molecule has 4 heteroatoms. The van der Waals surface area contributed by atoms with Crippen LogP contribution in [0, 0.1) is 11.6 Å². The summed E-state index contributed by atoms with van der Waals surface area (Å²) >= 11 is 0. The van der Waals surface area contributed by atoms with Gasteiger partial charge in [-0.3, -0.25) is 0 Å². The van der Waals surface area contributed by atoms with Crippen molar-refractivity contribution < 1.29 is 8.78 Å². The van der Waals surface area contributed by atoms with E-state index in [2.05, 4.69) is 10.6 Å². The molecule has 1 aliphatic rings. The Hall–Kier alpha value is -1.00. The summed E-state index contributed by atoms with van der Waals surface area (Å²) in [6, 6.07) is 4.60. The van der Waals surface area contributed by atoms with Gasteiger partial charge in [-0.25, -0.2) is 8.78 Å². The Kier molecular flexibility index (Phi) is 4.07. The Balaban J connectivity index is 1.89. The molecule has 94 valence electrons. The molecule has 2 nitrogen and oxygen atoms in total. The van der Waals surface area contributed by atoms with Crippen LogP contribution in [0.15, 0.2) is 18.2 Å². The third-order valence-electron chi connectivity index (χ3n) is 3.28. The van der Waals surface area contributed by atoms with Crippen molar-refractivity contribution in [2.45, 2.75) is 31.8 Å². The van der Waals surface area contributed by atoms with Gasteiger partial charge in [0.1, 0.15) is 0 Å². The largest absolute Gasteiger partial charge is 0.313 e. The van der Waals surface area contributed by atoms with E-state index in [1.54, 1.807) is 6.07 Å². The van der Waals surface area contributed by atoms with Crippen molar-refractivity contribution in [2.24, 2.45) is 0 Å². The van der Waals surface area contributed by atoms with Gasteiger partial charge < -0.3 is 10.6 Å². The van der Waals surface area contributed by atoms with Gasteiger partial charge in [-0.15, -0.1) is 0 Å². The smallest absolute Gasteiger partial charge is 0.159 e. The average Bonchev–Trinajstić information content (AvgIpc) is 2.82. The van der Waals surface area contributed by atoms with Gasteiger partial charge in [0, 0.05) is 18.6 Å². The van der Waals surface area contributed by atoms with Crippen LogP contribution in [0.5, 0.6) is 0 Å². The minimum absolute atomic E-state index is 0.0347. The van der Waals surface area contributed by atoms with Crippen LogP contribution in [-0.4, -0.2) is 19.1 Å². The highest BCUT2D eigenvalue weighted by Gasteiger charge is 2.15. The molecule has 1 fully saturated rings. The fourth-order valence-electron chi connectivity index (χ4n) is 2.15. The maximum Gasteiger partial charge on any atom is 0.159 e. The molecule has 0 aliphatic carbocycles. The lowest BCUT2D eigenvalue weighted by Crippen LogP contribution is -2.35. The lowest BCUT2D eigenvalue weighted by atomic mass is 10.1.